The summed E-state index contributed by atoms with van der Waals surface area (Å²) in [6, 6.07) is 16.0. The third-order valence-corrected chi connectivity index (χ3v) is 7.80. The molecule has 1 amide bonds. The van der Waals surface area contributed by atoms with Crippen LogP contribution in [0.15, 0.2) is 97.8 Å². The van der Waals surface area contributed by atoms with Gasteiger partial charge in [-0.1, -0.05) is 41.9 Å². The molecule has 4 aromatic heterocycles. The Kier molecular flexibility index (Phi) is 9.22. The van der Waals surface area contributed by atoms with E-state index in [4.69, 9.17) is 16.3 Å². The molecule has 0 aliphatic heterocycles. The maximum Gasteiger partial charge on any atom is 0.433 e. The molecule has 0 bridgehead atoms. The molecule has 0 radical (unpaired) electrons. The van der Waals surface area contributed by atoms with E-state index in [-0.39, 0.29) is 46.2 Å². The molecule has 0 aliphatic carbocycles. The predicted octanol–water partition coefficient (Wildman–Crippen LogP) is 5.89. The number of hydrogen-bond acceptors (Lipinski definition) is 8. The first kappa shape index (κ1) is 33.0. The lowest BCUT2D eigenvalue weighted by Gasteiger charge is -2.24. The first-order valence-electron chi connectivity index (χ1n) is 14.4. The topological polar surface area (TPSA) is 131 Å². The van der Waals surface area contributed by atoms with Gasteiger partial charge in [-0.2, -0.15) is 27.7 Å². The van der Waals surface area contributed by atoms with E-state index in [1.807, 2.05) is 6.07 Å². The number of tetrazole rings is 1. The molecule has 2 aromatic carbocycles. The smallest absolute Gasteiger partial charge is 0.433 e. The number of nitrogens with zero attached hydrogens (tertiary/aromatic N) is 9. The Labute approximate surface area is 280 Å². The second-order valence-corrected chi connectivity index (χ2v) is 11.2. The van der Waals surface area contributed by atoms with Gasteiger partial charge >= 0.3 is 12.3 Å². The van der Waals surface area contributed by atoms with E-state index in [2.05, 4.69) is 25.6 Å². The van der Waals surface area contributed by atoms with Crippen molar-refractivity contribution < 1.29 is 31.8 Å². The second kappa shape index (κ2) is 13.7. The van der Waals surface area contributed by atoms with Crippen molar-refractivity contribution in [2.45, 2.75) is 18.8 Å². The fourth-order valence-electron chi connectivity index (χ4n) is 5.07. The molecule has 250 valence electrons. The third kappa shape index (κ3) is 7.18. The Bertz CT molecular complexity index is 2090. The summed E-state index contributed by atoms with van der Waals surface area (Å²) in [4.78, 5) is 17.7. The summed E-state index contributed by atoms with van der Waals surface area (Å²) in [7, 11) is 1.46. The van der Waals surface area contributed by atoms with Gasteiger partial charge in [0.1, 0.15) is 18.6 Å². The van der Waals surface area contributed by atoms with Crippen molar-refractivity contribution >= 4 is 17.7 Å². The lowest BCUT2D eigenvalue weighted by atomic mass is 10.0. The van der Waals surface area contributed by atoms with Gasteiger partial charge < -0.3 is 14.8 Å². The highest BCUT2D eigenvalue weighted by atomic mass is 35.5. The molecule has 1 atom stereocenters. The lowest BCUT2D eigenvalue weighted by molar-refractivity contribution is -0.615. The average Bonchev–Trinajstić information content (AvgIpc) is 3.81. The van der Waals surface area contributed by atoms with Crippen molar-refractivity contribution in [3.05, 3.63) is 131 Å². The number of benzene rings is 2. The summed E-state index contributed by atoms with van der Waals surface area (Å²) in [5.74, 6) is -0.813. The molecule has 6 aromatic rings. The van der Waals surface area contributed by atoms with Crippen LogP contribution in [0.5, 0.6) is 0 Å². The van der Waals surface area contributed by atoms with Crippen LogP contribution in [0.4, 0.5) is 22.4 Å². The van der Waals surface area contributed by atoms with Gasteiger partial charge in [-0.15, -0.1) is 5.10 Å². The molecule has 0 N–H and O–H groups in total. The number of alkyl halides is 3. The highest BCUT2D eigenvalue weighted by molar-refractivity contribution is 6.31. The summed E-state index contributed by atoms with van der Waals surface area (Å²) in [5, 5.41) is 28.9. The molecule has 0 spiro atoms. The van der Waals surface area contributed by atoms with Crippen molar-refractivity contribution in [2.24, 2.45) is 0 Å². The third-order valence-electron chi connectivity index (χ3n) is 7.51. The zero-order valence-electron chi connectivity index (χ0n) is 25.4. The maximum atomic E-state index is 15.4. The van der Waals surface area contributed by atoms with Gasteiger partial charge in [0.2, 0.25) is 5.69 Å². The van der Waals surface area contributed by atoms with Crippen LogP contribution in [0.2, 0.25) is 5.02 Å². The van der Waals surface area contributed by atoms with Crippen LogP contribution in [0, 0.1) is 11.0 Å². The van der Waals surface area contributed by atoms with Gasteiger partial charge in [-0.3, -0.25) is 9.67 Å². The molecule has 4 heterocycles. The Hall–Kier alpha value is -5.90. The molecule has 12 nitrogen and oxygen atoms in total. The number of carbonyl (C=O) groups is 1. The summed E-state index contributed by atoms with van der Waals surface area (Å²) < 4.78 is 64.0. The zero-order chi connectivity index (χ0) is 34.7. The number of aromatic nitrogens is 8. The van der Waals surface area contributed by atoms with Crippen LogP contribution in [-0.2, 0) is 17.5 Å². The van der Waals surface area contributed by atoms with E-state index in [1.165, 1.54) is 70.4 Å². The number of halogens is 5. The number of amides is 1. The Balaban J connectivity index is 1.36. The Morgan fingerprint density at radius 1 is 1.08 bits per heavy atom. The molecular weight excluding hydrogens is 670 g/mol. The van der Waals surface area contributed by atoms with Crippen LogP contribution >= 0.6 is 11.6 Å². The van der Waals surface area contributed by atoms with Crippen LogP contribution in [0.1, 0.15) is 23.0 Å². The summed E-state index contributed by atoms with van der Waals surface area (Å²) >= 11 is 6.09. The SMILES string of the molecule is CN(C[C@@H](c1ccc(-c2c(-n3cnnn3)ccc(Cl)c2F)c[n+]1[O-])n1cc(-c2ccnc(C(F)(F)F)c2)cn1)C(=O)OCc1ccccc1. The van der Waals surface area contributed by atoms with Gasteiger partial charge in [0, 0.05) is 31.1 Å². The maximum absolute atomic E-state index is 15.4. The minimum absolute atomic E-state index is 0.00471. The van der Waals surface area contributed by atoms with Crippen molar-refractivity contribution in [3.63, 3.8) is 0 Å². The monoisotopic (exact) mass is 693 g/mol. The number of pyridine rings is 2. The molecule has 0 saturated carbocycles. The molecule has 0 fully saturated rings. The standard InChI is InChI=1S/C32H24ClF4N9O3/c1-43(31(47)49-18-20-5-3-2-4-6-20)17-27(44-15-23(14-40-44)21-11-12-38-28(13-21)32(35,36)37)25-9-7-22(16-46(25)48)29-26(45-19-39-41-42-45)10-8-24(33)30(29)34/h2-16,19,27H,17-18H2,1H3/t27-/m0/s1. The van der Waals surface area contributed by atoms with Gasteiger partial charge in [-0.25, -0.2) is 9.18 Å². The number of hydrogen-bond donors (Lipinski definition) is 0. The molecule has 0 aliphatic rings. The summed E-state index contributed by atoms with van der Waals surface area (Å²) in [6.07, 6.45) is 0.827. The van der Waals surface area contributed by atoms with E-state index in [0.29, 0.717) is 10.3 Å². The van der Waals surface area contributed by atoms with Crippen LogP contribution in [-0.4, -0.2) is 59.6 Å². The van der Waals surface area contributed by atoms with Crippen molar-refractivity contribution in [3.8, 4) is 27.9 Å². The second-order valence-electron chi connectivity index (χ2n) is 10.8. The molecule has 49 heavy (non-hydrogen) atoms. The van der Waals surface area contributed by atoms with Crippen molar-refractivity contribution in [1.82, 2.24) is 39.9 Å². The van der Waals surface area contributed by atoms with E-state index < -0.39 is 29.8 Å². The van der Waals surface area contributed by atoms with Crippen LogP contribution < -0.4 is 4.73 Å². The average molecular weight is 694 g/mol. The predicted molar refractivity (Wildman–Crippen MR) is 166 cm³/mol. The van der Waals surface area contributed by atoms with Gasteiger partial charge in [0.25, 0.3) is 0 Å². The summed E-state index contributed by atoms with van der Waals surface area (Å²) in [6.45, 7) is -0.156. The Morgan fingerprint density at radius 3 is 2.59 bits per heavy atom. The molecule has 17 heteroatoms. The normalized spacial score (nSPS) is 12.1. The first-order valence-corrected chi connectivity index (χ1v) is 14.8. The molecular formula is C32H24ClF4N9O3. The highest BCUT2D eigenvalue weighted by Gasteiger charge is 2.33. The van der Waals surface area contributed by atoms with Gasteiger partial charge in [-0.05, 0) is 51.9 Å². The quantitative estimate of drug-likeness (QED) is 0.104. The van der Waals surface area contributed by atoms with Crippen LogP contribution in [0.3, 0.4) is 0 Å². The number of ether oxygens (including phenoxy) is 1. The van der Waals surface area contributed by atoms with E-state index in [1.54, 1.807) is 24.3 Å². The highest BCUT2D eigenvalue weighted by Crippen LogP contribution is 2.34. The van der Waals surface area contributed by atoms with E-state index in [0.717, 1.165) is 24.0 Å². The Morgan fingerprint density at radius 2 is 1.88 bits per heavy atom. The fraction of sp³-hybridized carbons (Fsp3) is 0.156. The van der Waals surface area contributed by atoms with E-state index >= 15 is 4.39 Å². The van der Waals surface area contributed by atoms with Crippen LogP contribution in [0.25, 0.3) is 27.9 Å². The zero-order valence-corrected chi connectivity index (χ0v) is 26.1. The number of likely N-dealkylation sites (N-methyl/N-ethyl adjacent to an activating group) is 1. The number of rotatable bonds is 9. The minimum Gasteiger partial charge on any atom is -0.618 e. The van der Waals surface area contributed by atoms with Crippen molar-refractivity contribution in [2.75, 3.05) is 13.6 Å². The van der Waals surface area contributed by atoms with E-state index in [9.17, 15) is 23.2 Å². The largest absolute Gasteiger partial charge is 0.618 e. The lowest BCUT2D eigenvalue weighted by Crippen LogP contribution is -2.41. The van der Waals surface area contributed by atoms with Gasteiger partial charge in [0.05, 0.1) is 34.6 Å². The minimum atomic E-state index is -4.67. The number of carbonyl (C=O) groups excluding carboxylic acids is 1. The molecule has 6 rings (SSSR count). The first-order chi connectivity index (χ1) is 23.5. The fourth-order valence-corrected chi connectivity index (χ4v) is 5.23. The molecule has 0 saturated heterocycles. The van der Waals surface area contributed by atoms with Crippen molar-refractivity contribution in [1.29, 1.82) is 0 Å². The molecule has 0 unspecified atom stereocenters. The summed E-state index contributed by atoms with van der Waals surface area (Å²) in [5.41, 5.74) is 0.522. The van der Waals surface area contributed by atoms with Gasteiger partial charge in [0.15, 0.2) is 18.1 Å².